The van der Waals surface area contributed by atoms with Gasteiger partial charge in [-0.25, -0.2) is 0 Å². The molecule has 0 spiro atoms. The smallest absolute Gasteiger partial charge is 0.0170 e. The number of likely N-dealkylation sites (N-methyl/N-ethyl adjacent to an activating group) is 1. The number of rotatable bonds is 5. The van der Waals surface area contributed by atoms with Crippen molar-refractivity contribution in [3.63, 3.8) is 0 Å². The number of hydrogen-bond acceptors (Lipinski definition) is 2. The van der Waals surface area contributed by atoms with E-state index < -0.39 is 0 Å². The van der Waals surface area contributed by atoms with E-state index >= 15 is 0 Å². The van der Waals surface area contributed by atoms with Crippen LogP contribution in [0.4, 0.5) is 0 Å². The fourth-order valence-corrected chi connectivity index (χ4v) is 3.02. The first kappa shape index (κ1) is 15.0. The molecular weight excluding hydrogens is 208 g/mol. The van der Waals surface area contributed by atoms with Crippen LogP contribution >= 0.6 is 0 Å². The monoisotopic (exact) mass is 240 g/mol. The van der Waals surface area contributed by atoms with Crippen molar-refractivity contribution in [1.82, 2.24) is 4.90 Å². The largest absolute Gasteiger partial charge is 0.327 e. The van der Waals surface area contributed by atoms with Crippen LogP contribution in [0.1, 0.15) is 59.8 Å². The van der Waals surface area contributed by atoms with Gasteiger partial charge in [-0.15, -0.1) is 0 Å². The molecule has 0 aromatic carbocycles. The lowest BCUT2D eigenvalue weighted by atomic mass is 9.75. The van der Waals surface area contributed by atoms with Crippen molar-refractivity contribution in [2.45, 2.75) is 71.9 Å². The molecule has 0 saturated heterocycles. The van der Waals surface area contributed by atoms with Gasteiger partial charge in [0.15, 0.2) is 0 Å². The van der Waals surface area contributed by atoms with Gasteiger partial charge in [0.1, 0.15) is 0 Å². The molecule has 0 amide bonds. The Kier molecular flexibility index (Phi) is 5.46. The molecule has 0 bridgehead atoms. The molecule has 102 valence electrons. The molecule has 1 saturated carbocycles. The highest BCUT2D eigenvalue weighted by Crippen LogP contribution is 2.36. The quantitative estimate of drug-likeness (QED) is 0.799. The van der Waals surface area contributed by atoms with Gasteiger partial charge in [-0.3, -0.25) is 0 Å². The molecule has 2 N–H and O–H groups in total. The maximum Gasteiger partial charge on any atom is 0.0170 e. The normalized spacial score (nSPS) is 23.3. The summed E-state index contributed by atoms with van der Waals surface area (Å²) in [6, 6.07) is 1.11. The number of nitrogens with zero attached hydrogens (tertiary/aromatic N) is 1. The molecule has 1 fully saturated rings. The van der Waals surface area contributed by atoms with E-state index in [1.54, 1.807) is 0 Å². The first-order valence-corrected chi connectivity index (χ1v) is 7.26. The van der Waals surface area contributed by atoms with Crippen LogP contribution in [-0.2, 0) is 0 Å². The lowest BCUT2D eigenvalue weighted by molar-refractivity contribution is 0.121. The molecule has 1 unspecified atom stereocenters. The minimum absolute atomic E-state index is 0.343. The van der Waals surface area contributed by atoms with Crippen molar-refractivity contribution >= 4 is 0 Å². The molecule has 0 aromatic heterocycles. The Morgan fingerprint density at radius 1 is 1.24 bits per heavy atom. The van der Waals surface area contributed by atoms with Crippen LogP contribution in [0.3, 0.4) is 0 Å². The summed E-state index contributed by atoms with van der Waals surface area (Å²) in [6.07, 6.45) is 6.56. The molecule has 1 atom stereocenters. The van der Waals surface area contributed by atoms with Crippen molar-refractivity contribution in [2.75, 3.05) is 13.6 Å². The topological polar surface area (TPSA) is 29.3 Å². The molecule has 0 radical (unpaired) electrons. The third-order valence-corrected chi connectivity index (χ3v) is 4.23. The molecule has 17 heavy (non-hydrogen) atoms. The minimum atomic E-state index is 0.343. The fourth-order valence-electron chi connectivity index (χ4n) is 3.02. The first-order valence-electron chi connectivity index (χ1n) is 7.26. The van der Waals surface area contributed by atoms with Gasteiger partial charge in [0.25, 0.3) is 0 Å². The van der Waals surface area contributed by atoms with Crippen molar-refractivity contribution < 1.29 is 0 Å². The first-order chi connectivity index (χ1) is 7.80. The van der Waals surface area contributed by atoms with Crippen LogP contribution in [0.25, 0.3) is 0 Å². The predicted molar refractivity (Wildman–Crippen MR) is 76.1 cm³/mol. The average Bonchev–Trinajstić information content (AvgIpc) is 2.15. The predicted octanol–water partition coefficient (Wildman–Crippen LogP) is 3.26. The van der Waals surface area contributed by atoms with Gasteiger partial charge < -0.3 is 10.6 Å². The zero-order valence-electron chi connectivity index (χ0n) is 12.5. The summed E-state index contributed by atoms with van der Waals surface area (Å²) in [5.41, 5.74) is 6.76. The van der Waals surface area contributed by atoms with Crippen LogP contribution in [0, 0.1) is 11.3 Å². The van der Waals surface area contributed by atoms with Gasteiger partial charge in [0.05, 0.1) is 0 Å². The Balaban J connectivity index is 2.31. The van der Waals surface area contributed by atoms with Gasteiger partial charge in [0, 0.05) is 18.6 Å². The van der Waals surface area contributed by atoms with E-state index in [0.717, 1.165) is 19.0 Å². The molecule has 1 aliphatic carbocycles. The second-order valence-electron chi connectivity index (χ2n) is 7.22. The fraction of sp³-hybridized carbons (Fsp3) is 1.00. The highest BCUT2D eigenvalue weighted by Gasteiger charge is 2.29. The van der Waals surface area contributed by atoms with Gasteiger partial charge >= 0.3 is 0 Å². The molecule has 0 aromatic rings. The van der Waals surface area contributed by atoms with E-state index in [1.165, 1.54) is 25.7 Å². The van der Waals surface area contributed by atoms with E-state index in [0.29, 0.717) is 17.4 Å². The zero-order chi connectivity index (χ0) is 13.1. The standard InChI is InChI=1S/C15H32N2/c1-12(2)10-13(16)11-17(5)14-6-8-15(3,4)9-7-14/h12-14H,6-11,16H2,1-5H3. The van der Waals surface area contributed by atoms with Crippen molar-refractivity contribution in [3.05, 3.63) is 0 Å². The lowest BCUT2D eigenvalue weighted by Crippen LogP contribution is -2.43. The molecule has 1 aliphatic rings. The van der Waals surface area contributed by atoms with Crippen molar-refractivity contribution in [1.29, 1.82) is 0 Å². The van der Waals surface area contributed by atoms with E-state index in [4.69, 9.17) is 5.73 Å². The second kappa shape index (κ2) is 6.19. The summed E-state index contributed by atoms with van der Waals surface area (Å²) >= 11 is 0. The molecule has 0 heterocycles. The summed E-state index contributed by atoms with van der Waals surface area (Å²) in [7, 11) is 2.25. The van der Waals surface area contributed by atoms with E-state index in [2.05, 4.69) is 39.6 Å². The van der Waals surface area contributed by atoms with Gasteiger partial charge in [0.2, 0.25) is 0 Å². The summed E-state index contributed by atoms with van der Waals surface area (Å²) in [5, 5.41) is 0. The lowest BCUT2D eigenvalue weighted by Gasteiger charge is -2.39. The Morgan fingerprint density at radius 3 is 2.24 bits per heavy atom. The third-order valence-electron chi connectivity index (χ3n) is 4.23. The summed E-state index contributed by atoms with van der Waals surface area (Å²) in [5.74, 6) is 0.712. The third kappa shape index (κ3) is 5.39. The molecule has 0 aliphatic heterocycles. The molecular formula is C15H32N2. The number of nitrogens with two attached hydrogens (primary N) is 1. The van der Waals surface area contributed by atoms with E-state index in [9.17, 15) is 0 Å². The van der Waals surface area contributed by atoms with Crippen LogP contribution in [0.5, 0.6) is 0 Å². The second-order valence-corrected chi connectivity index (χ2v) is 7.22. The molecule has 2 heteroatoms. The van der Waals surface area contributed by atoms with Gasteiger partial charge in [-0.05, 0) is 50.5 Å². The van der Waals surface area contributed by atoms with E-state index in [1.807, 2.05) is 0 Å². The highest BCUT2D eigenvalue weighted by atomic mass is 15.1. The van der Waals surface area contributed by atoms with Gasteiger partial charge in [-0.2, -0.15) is 0 Å². The number of hydrogen-bond donors (Lipinski definition) is 1. The maximum atomic E-state index is 6.19. The molecule has 1 rings (SSSR count). The Hall–Kier alpha value is -0.0800. The summed E-state index contributed by atoms with van der Waals surface area (Å²) in [4.78, 5) is 2.50. The maximum absolute atomic E-state index is 6.19. The SMILES string of the molecule is CC(C)CC(N)CN(C)C1CCC(C)(C)CC1. The molecule has 2 nitrogen and oxygen atoms in total. The zero-order valence-corrected chi connectivity index (χ0v) is 12.5. The summed E-state index contributed by atoms with van der Waals surface area (Å²) < 4.78 is 0. The van der Waals surface area contributed by atoms with Gasteiger partial charge in [-0.1, -0.05) is 27.7 Å². The summed E-state index contributed by atoms with van der Waals surface area (Å²) in [6.45, 7) is 10.4. The van der Waals surface area contributed by atoms with Crippen molar-refractivity contribution in [3.8, 4) is 0 Å². The average molecular weight is 240 g/mol. The van der Waals surface area contributed by atoms with E-state index in [-0.39, 0.29) is 0 Å². The van der Waals surface area contributed by atoms with Crippen molar-refractivity contribution in [2.24, 2.45) is 17.1 Å². The Morgan fingerprint density at radius 2 is 1.76 bits per heavy atom. The highest BCUT2D eigenvalue weighted by molar-refractivity contribution is 4.84. The minimum Gasteiger partial charge on any atom is -0.327 e. The van der Waals surface area contributed by atoms with Crippen LogP contribution < -0.4 is 5.73 Å². The Bertz CT molecular complexity index is 213. The Labute approximate surface area is 108 Å². The van der Waals surface area contributed by atoms with Crippen LogP contribution in [-0.4, -0.2) is 30.6 Å². The van der Waals surface area contributed by atoms with Crippen LogP contribution in [0.15, 0.2) is 0 Å². The van der Waals surface area contributed by atoms with Crippen LogP contribution in [0.2, 0.25) is 0 Å².